The van der Waals surface area contributed by atoms with Gasteiger partial charge in [-0.15, -0.1) is 11.3 Å². The minimum atomic E-state index is -0.0378. The third kappa shape index (κ3) is 2.80. The molecule has 16 heavy (non-hydrogen) atoms. The van der Waals surface area contributed by atoms with Gasteiger partial charge in [0.2, 0.25) is 0 Å². The summed E-state index contributed by atoms with van der Waals surface area (Å²) in [5, 5.41) is 4.84. The van der Waals surface area contributed by atoms with Crippen molar-refractivity contribution >= 4 is 17.2 Å². The van der Waals surface area contributed by atoms with Gasteiger partial charge in [0.1, 0.15) is 5.69 Å². The number of rotatable bonds is 3. The lowest BCUT2D eigenvalue weighted by molar-refractivity contribution is 0.0901. The molecule has 1 aliphatic heterocycles. The second-order valence-electron chi connectivity index (χ2n) is 4.08. The summed E-state index contributed by atoms with van der Waals surface area (Å²) in [4.78, 5) is 18.2. The third-order valence-electron chi connectivity index (χ3n) is 2.95. The number of nitrogens with zero attached hydrogens (tertiary/aromatic N) is 2. The summed E-state index contributed by atoms with van der Waals surface area (Å²) >= 11 is 1.45. The Balaban J connectivity index is 1.87. The standard InChI is InChI=1S/C11H17N3OS/c1-2-14-5-3-4-9(6-14)13-11(15)10-7-16-8-12-10/h7-9H,2-6H2,1H3,(H,13,15). The van der Waals surface area contributed by atoms with Crippen LogP contribution < -0.4 is 5.32 Å². The molecule has 2 heterocycles. The number of likely N-dealkylation sites (N-methyl/N-ethyl adjacent to an activating group) is 1. The van der Waals surface area contributed by atoms with E-state index in [4.69, 9.17) is 0 Å². The van der Waals surface area contributed by atoms with Crippen molar-refractivity contribution in [2.45, 2.75) is 25.8 Å². The number of piperidine rings is 1. The number of hydrogen-bond donors (Lipinski definition) is 1. The van der Waals surface area contributed by atoms with Gasteiger partial charge in [0.15, 0.2) is 0 Å². The van der Waals surface area contributed by atoms with Gasteiger partial charge in [-0.3, -0.25) is 4.79 Å². The number of carbonyl (C=O) groups excluding carboxylic acids is 1. The molecule has 1 saturated heterocycles. The number of thiazole rings is 1. The molecule has 0 radical (unpaired) electrons. The first kappa shape index (κ1) is 11.5. The van der Waals surface area contributed by atoms with Gasteiger partial charge in [-0.25, -0.2) is 4.98 Å². The second kappa shape index (κ2) is 5.41. The number of likely N-dealkylation sites (tertiary alicyclic amines) is 1. The first-order valence-electron chi connectivity index (χ1n) is 5.71. The Hall–Kier alpha value is -0.940. The van der Waals surface area contributed by atoms with Gasteiger partial charge in [0, 0.05) is 18.0 Å². The zero-order valence-electron chi connectivity index (χ0n) is 9.48. The molecule has 1 aromatic rings. The predicted molar refractivity (Wildman–Crippen MR) is 64.7 cm³/mol. The van der Waals surface area contributed by atoms with Crippen molar-refractivity contribution in [3.05, 3.63) is 16.6 Å². The molecular weight excluding hydrogens is 222 g/mol. The molecule has 1 unspecified atom stereocenters. The van der Waals surface area contributed by atoms with Crippen molar-refractivity contribution < 1.29 is 4.79 Å². The van der Waals surface area contributed by atoms with E-state index in [0.717, 1.165) is 32.5 Å². The number of carbonyl (C=O) groups is 1. The molecule has 1 amide bonds. The SMILES string of the molecule is CCN1CCCC(NC(=O)c2cscn2)C1. The molecule has 88 valence electrons. The molecule has 1 fully saturated rings. The third-order valence-corrected chi connectivity index (χ3v) is 3.54. The van der Waals surface area contributed by atoms with Gasteiger partial charge in [-0.2, -0.15) is 0 Å². The Morgan fingerprint density at radius 1 is 1.75 bits per heavy atom. The van der Waals surface area contributed by atoms with Crippen LogP contribution in [0.5, 0.6) is 0 Å². The highest BCUT2D eigenvalue weighted by Gasteiger charge is 2.21. The molecule has 0 bridgehead atoms. The van der Waals surface area contributed by atoms with Crippen LogP contribution in [0.25, 0.3) is 0 Å². The van der Waals surface area contributed by atoms with Crippen LogP contribution in [-0.2, 0) is 0 Å². The average Bonchev–Trinajstić information content (AvgIpc) is 2.83. The summed E-state index contributed by atoms with van der Waals surface area (Å²) in [6.45, 7) is 5.33. The lowest BCUT2D eigenvalue weighted by atomic mass is 10.1. The van der Waals surface area contributed by atoms with E-state index in [1.807, 2.05) is 0 Å². The Kier molecular flexibility index (Phi) is 3.90. The summed E-state index contributed by atoms with van der Waals surface area (Å²) in [5.41, 5.74) is 2.23. The second-order valence-corrected chi connectivity index (χ2v) is 4.80. The van der Waals surface area contributed by atoms with E-state index in [1.165, 1.54) is 11.3 Å². The lowest BCUT2D eigenvalue weighted by Crippen LogP contribution is -2.47. The maximum Gasteiger partial charge on any atom is 0.271 e. The molecule has 0 saturated carbocycles. The van der Waals surface area contributed by atoms with Crippen molar-refractivity contribution in [1.82, 2.24) is 15.2 Å². The fraction of sp³-hybridized carbons (Fsp3) is 0.636. The highest BCUT2D eigenvalue weighted by molar-refractivity contribution is 7.07. The van der Waals surface area contributed by atoms with Crippen molar-refractivity contribution in [3.63, 3.8) is 0 Å². The van der Waals surface area contributed by atoms with Crippen molar-refractivity contribution in [2.24, 2.45) is 0 Å². The lowest BCUT2D eigenvalue weighted by Gasteiger charge is -2.32. The summed E-state index contributed by atoms with van der Waals surface area (Å²) < 4.78 is 0. The zero-order chi connectivity index (χ0) is 11.4. The van der Waals surface area contributed by atoms with Crippen molar-refractivity contribution in [2.75, 3.05) is 19.6 Å². The Labute approximate surface area is 99.7 Å². The molecule has 2 rings (SSSR count). The highest BCUT2D eigenvalue weighted by atomic mass is 32.1. The van der Waals surface area contributed by atoms with Crippen LogP contribution in [0, 0.1) is 0 Å². The topological polar surface area (TPSA) is 45.2 Å². The molecule has 1 aliphatic rings. The Morgan fingerprint density at radius 3 is 3.31 bits per heavy atom. The first-order valence-corrected chi connectivity index (χ1v) is 6.65. The summed E-state index contributed by atoms with van der Waals surface area (Å²) in [5.74, 6) is -0.0378. The zero-order valence-corrected chi connectivity index (χ0v) is 10.3. The van der Waals surface area contributed by atoms with Crippen LogP contribution in [0.3, 0.4) is 0 Å². The van der Waals surface area contributed by atoms with Gasteiger partial charge >= 0.3 is 0 Å². The molecule has 1 N–H and O–H groups in total. The molecular formula is C11H17N3OS. The van der Waals surface area contributed by atoms with Crippen LogP contribution in [0.1, 0.15) is 30.3 Å². The van der Waals surface area contributed by atoms with E-state index < -0.39 is 0 Å². The maximum absolute atomic E-state index is 11.8. The molecule has 5 heteroatoms. The van der Waals surface area contributed by atoms with Gasteiger partial charge in [0.25, 0.3) is 5.91 Å². The van der Waals surface area contributed by atoms with Crippen molar-refractivity contribution in [3.8, 4) is 0 Å². The number of amides is 1. The predicted octanol–water partition coefficient (Wildman–Crippen LogP) is 1.36. The van der Waals surface area contributed by atoms with Crippen LogP contribution in [-0.4, -0.2) is 41.5 Å². The number of hydrogen-bond acceptors (Lipinski definition) is 4. The van der Waals surface area contributed by atoms with E-state index in [-0.39, 0.29) is 11.9 Å². The van der Waals surface area contributed by atoms with Crippen LogP contribution in [0.4, 0.5) is 0 Å². The molecule has 0 spiro atoms. The van der Waals surface area contributed by atoms with Crippen molar-refractivity contribution in [1.29, 1.82) is 0 Å². The van der Waals surface area contributed by atoms with Gasteiger partial charge in [0.05, 0.1) is 5.51 Å². The normalized spacial score (nSPS) is 21.9. The summed E-state index contributed by atoms with van der Waals surface area (Å²) in [6, 6.07) is 0.280. The van der Waals surface area contributed by atoms with E-state index in [2.05, 4.69) is 22.1 Å². The fourth-order valence-electron chi connectivity index (χ4n) is 2.04. The van der Waals surface area contributed by atoms with Crippen LogP contribution in [0.15, 0.2) is 10.9 Å². The van der Waals surface area contributed by atoms with E-state index >= 15 is 0 Å². The monoisotopic (exact) mass is 239 g/mol. The van der Waals surface area contributed by atoms with E-state index in [1.54, 1.807) is 10.9 Å². The van der Waals surface area contributed by atoms with Crippen LogP contribution in [0.2, 0.25) is 0 Å². The van der Waals surface area contributed by atoms with Gasteiger partial charge in [-0.05, 0) is 25.9 Å². The average molecular weight is 239 g/mol. The molecule has 1 aromatic heterocycles. The molecule has 0 aromatic carbocycles. The molecule has 4 nitrogen and oxygen atoms in total. The van der Waals surface area contributed by atoms with Crippen LogP contribution >= 0.6 is 11.3 Å². The summed E-state index contributed by atoms with van der Waals surface area (Å²) in [6.07, 6.45) is 2.24. The van der Waals surface area contributed by atoms with E-state index in [0.29, 0.717) is 5.69 Å². The first-order chi connectivity index (χ1) is 7.79. The Morgan fingerprint density at radius 2 is 2.62 bits per heavy atom. The van der Waals surface area contributed by atoms with Gasteiger partial charge in [-0.1, -0.05) is 6.92 Å². The smallest absolute Gasteiger partial charge is 0.271 e. The number of nitrogens with one attached hydrogen (secondary N) is 1. The quantitative estimate of drug-likeness (QED) is 0.866. The fourth-order valence-corrected chi connectivity index (χ4v) is 2.58. The summed E-state index contributed by atoms with van der Waals surface area (Å²) in [7, 11) is 0. The minimum absolute atomic E-state index is 0.0378. The molecule has 1 atom stereocenters. The molecule has 0 aliphatic carbocycles. The maximum atomic E-state index is 11.8. The van der Waals surface area contributed by atoms with E-state index in [9.17, 15) is 4.79 Å². The van der Waals surface area contributed by atoms with Gasteiger partial charge < -0.3 is 10.2 Å². The number of aromatic nitrogens is 1. The highest BCUT2D eigenvalue weighted by Crippen LogP contribution is 2.10. The minimum Gasteiger partial charge on any atom is -0.347 e. The largest absolute Gasteiger partial charge is 0.347 e. The Bertz CT molecular complexity index is 339.